The van der Waals surface area contributed by atoms with E-state index in [2.05, 4.69) is 322 Å². The van der Waals surface area contributed by atoms with E-state index >= 15 is 0 Å². The second-order valence-corrected chi connectivity index (χ2v) is 24.3. The zero-order chi connectivity index (χ0) is 57.3. The Hall–Kier alpha value is -10.6. The maximum absolute atomic E-state index is 4.19. The molecule has 0 saturated carbocycles. The third-order valence-electron chi connectivity index (χ3n) is 19.6. The summed E-state index contributed by atoms with van der Waals surface area (Å²) in [6.45, 7) is 8.94. The maximum Gasteiger partial charge on any atom is 0.0725 e. The molecule has 0 aliphatic heterocycles. The summed E-state index contributed by atoms with van der Waals surface area (Å²) in [5.74, 6) is 0.0459. The summed E-state index contributed by atoms with van der Waals surface area (Å²) >= 11 is 0. The predicted molar refractivity (Wildman–Crippen MR) is 360 cm³/mol. The fourth-order valence-corrected chi connectivity index (χ4v) is 15.5. The van der Waals surface area contributed by atoms with Gasteiger partial charge in [-0.1, -0.05) is 281 Å². The van der Waals surface area contributed by atoms with Crippen LogP contribution in [0.2, 0.25) is 0 Å². The van der Waals surface area contributed by atoms with Crippen molar-refractivity contribution in [1.82, 2.24) is 4.57 Å². The van der Waals surface area contributed by atoms with E-state index in [0.29, 0.717) is 0 Å². The topological polar surface area (TPSA) is 4.93 Å². The van der Waals surface area contributed by atoms with E-state index in [4.69, 9.17) is 0 Å². The van der Waals surface area contributed by atoms with Gasteiger partial charge in [0.05, 0.1) is 16.4 Å². The third kappa shape index (κ3) is 7.38. The summed E-state index contributed by atoms with van der Waals surface area (Å²) < 4.78 is 2.44. The first kappa shape index (κ1) is 50.0. The van der Waals surface area contributed by atoms with E-state index in [9.17, 15) is 0 Å². The van der Waals surface area contributed by atoms with Crippen molar-refractivity contribution in [2.24, 2.45) is 0 Å². The predicted octanol–water partition coefficient (Wildman–Crippen LogP) is 21.9. The Morgan fingerprint density at radius 3 is 1.40 bits per heavy atom. The second-order valence-electron chi connectivity index (χ2n) is 24.3. The van der Waals surface area contributed by atoms with Gasteiger partial charge in [0.25, 0.3) is 0 Å². The molecule has 13 aromatic carbocycles. The van der Waals surface area contributed by atoms with E-state index in [0.717, 1.165) is 11.3 Å². The lowest BCUT2D eigenvalue weighted by Gasteiger charge is -2.31. The number of hydrogen-bond donors (Lipinski definition) is 0. The molecule has 404 valence electrons. The van der Waals surface area contributed by atoms with Crippen LogP contribution >= 0.6 is 0 Å². The Kier molecular flexibility index (Phi) is 11.2. The van der Waals surface area contributed by atoms with Crippen LogP contribution in [-0.4, -0.2) is 4.57 Å². The van der Waals surface area contributed by atoms with Gasteiger partial charge in [0.2, 0.25) is 0 Å². The van der Waals surface area contributed by atoms with Crippen LogP contribution in [0.4, 0.5) is 0 Å². The smallest absolute Gasteiger partial charge is 0.0725 e. The Bertz CT molecular complexity index is 5060. The molecule has 3 aliphatic rings. The van der Waals surface area contributed by atoms with Gasteiger partial charge in [0.15, 0.2) is 0 Å². The lowest BCUT2D eigenvalue weighted by Crippen LogP contribution is -2.26. The first-order valence-electron chi connectivity index (χ1n) is 30.2. The monoisotopic (exact) mass is 1090 g/mol. The Labute approximate surface area is 503 Å². The molecule has 0 bridgehead atoms. The molecule has 0 amide bonds. The minimum Gasteiger partial charge on any atom is -0.309 e. The quantitative estimate of drug-likeness (QED) is 0.127. The first-order valence-corrected chi connectivity index (χ1v) is 30.2. The Morgan fingerprint density at radius 2 is 0.733 bits per heavy atom. The van der Waals surface area contributed by atoms with E-state index in [-0.39, 0.29) is 11.3 Å². The van der Waals surface area contributed by atoms with Gasteiger partial charge < -0.3 is 4.57 Å². The minimum atomic E-state index is -0.483. The average molecular weight is 1090 g/mol. The van der Waals surface area contributed by atoms with Gasteiger partial charge in [-0.2, -0.15) is 0 Å². The molecule has 86 heavy (non-hydrogen) atoms. The fraction of sp³-hybridized carbons (Fsp3) is 0.0588. The van der Waals surface area contributed by atoms with Crippen molar-refractivity contribution >= 4 is 27.9 Å². The van der Waals surface area contributed by atoms with Gasteiger partial charge in [-0.25, -0.2) is 0 Å². The summed E-state index contributed by atoms with van der Waals surface area (Å²) in [4.78, 5) is 0. The molecule has 0 radical (unpaired) electrons. The van der Waals surface area contributed by atoms with Crippen molar-refractivity contribution in [2.75, 3.05) is 0 Å². The van der Waals surface area contributed by atoms with Gasteiger partial charge in [-0.05, 0) is 176 Å². The molecule has 1 heterocycles. The average Bonchev–Trinajstić information content (AvgIpc) is 1.60. The SMILES string of the molecule is C=Cc1ccccc1-c1ccc2c(c1)C1(c3ccccc3-c3ccc(-c4ccc(-n5c6ccccc6c6cc(-c7ccc(C(c8ccc(-c9ccccc9)cc8)c8ccc9c(c8)C(C)(C)c8ccccc8-9)cc7)ccc65)cc4)cc31)c1ccccc1-2. The molecule has 1 spiro atoms. The number of benzene rings is 13. The zero-order valence-electron chi connectivity index (χ0n) is 48.1. The van der Waals surface area contributed by atoms with Crippen molar-refractivity contribution in [3.8, 4) is 83.6 Å². The van der Waals surface area contributed by atoms with Gasteiger partial charge in [0.1, 0.15) is 0 Å². The minimum absolute atomic E-state index is 0.0459. The third-order valence-corrected chi connectivity index (χ3v) is 19.6. The normalized spacial score (nSPS) is 15.0. The van der Waals surface area contributed by atoms with Crippen LogP contribution in [0.1, 0.15) is 75.4 Å². The summed E-state index contributed by atoms with van der Waals surface area (Å²) in [6, 6.07) is 112. The molecule has 1 heteroatoms. The van der Waals surface area contributed by atoms with Crippen LogP contribution in [0.3, 0.4) is 0 Å². The van der Waals surface area contributed by atoms with Gasteiger partial charge in [0, 0.05) is 27.8 Å². The first-order chi connectivity index (χ1) is 42.3. The van der Waals surface area contributed by atoms with Gasteiger partial charge in [-0.3, -0.25) is 0 Å². The van der Waals surface area contributed by atoms with Crippen LogP contribution in [-0.2, 0) is 10.8 Å². The van der Waals surface area contributed by atoms with Crippen LogP contribution < -0.4 is 0 Å². The molecule has 2 unspecified atom stereocenters. The van der Waals surface area contributed by atoms with Gasteiger partial charge >= 0.3 is 0 Å². The highest BCUT2D eigenvalue weighted by Crippen LogP contribution is 2.64. The van der Waals surface area contributed by atoms with Crippen molar-refractivity contribution in [1.29, 1.82) is 0 Å². The van der Waals surface area contributed by atoms with E-state index in [1.807, 2.05) is 6.08 Å². The zero-order valence-corrected chi connectivity index (χ0v) is 48.1. The Balaban J connectivity index is 0.724. The molecular formula is C85H59N. The molecule has 0 fully saturated rings. The van der Waals surface area contributed by atoms with Crippen molar-refractivity contribution in [3.05, 3.63) is 359 Å². The molecule has 2 atom stereocenters. The van der Waals surface area contributed by atoms with Crippen LogP contribution in [0.5, 0.6) is 0 Å². The summed E-state index contributed by atoms with van der Waals surface area (Å²) in [6.07, 6.45) is 1.97. The number of aromatic nitrogens is 1. The molecule has 1 aromatic heterocycles. The summed E-state index contributed by atoms with van der Waals surface area (Å²) in [5, 5.41) is 2.48. The van der Waals surface area contributed by atoms with E-state index in [1.165, 1.54) is 150 Å². The highest BCUT2D eigenvalue weighted by atomic mass is 15.0. The molecule has 3 aliphatic carbocycles. The highest BCUT2D eigenvalue weighted by molar-refractivity contribution is 6.10. The standard InChI is InChI=1S/C85H59N/c1-4-54-18-8-9-21-66(54)63-41-47-72-69-24-12-16-28-77(69)85(80(72)52-63)76-27-15-11-23-68(76)71-46-40-62(51-79(71)85)58-38-44-65(45-39-58)86-81-29-17-13-25-73(81)74-50-61(43-49-82(74)86)57-32-36-60(37-33-57)83(59-34-30-56(31-35-59)55-19-6-5-7-20-55)64-42-48-70-67-22-10-14-26-75(67)84(2,3)78(70)53-64/h4-53,83H,1H2,2-3H3. The number of rotatable bonds is 9. The van der Waals surface area contributed by atoms with Crippen molar-refractivity contribution in [3.63, 3.8) is 0 Å². The largest absolute Gasteiger partial charge is 0.309 e. The van der Waals surface area contributed by atoms with Crippen LogP contribution in [0.25, 0.3) is 111 Å². The molecule has 14 aromatic rings. The van der Waals surface area contributed by atoms with Crippen molar-refractivity contribution in [2.45, 2.75) is 30.6 Å². The van der Waals surface area contributed by atoms with E-state index in [1.54, 1.807) is 0 Å². The summed E-state index contributed by atoms with van der Waals surface area (Å²) in [5.41, 5.74) is 33.6. The van der Waals surface area contributed by atoms with Gasteiger partial charge in [-0.15, -0.1) is 0 Å². The lowest BCUT2D eigenvalue weighted by molar-refractivity contribution is 0.659. The lowest BCUT2D eigenvalue weighted by atomic mass is 9.70. The van der Waals surface area contributed by atoms with Crippen LogP contribution in [0.15, 0.2) is 304 Å². The molecule has 0 saturated heterocycles. The number of hydrogen-bond acceptors (Lipinski definition) is 0. The molecule has 1 nitrogen and oxygen atoms in total. The number of fused-ring (bicyclic) bond motifs is 16. The second kappa shape index (κ2) is 19.2. The number of para-hydroxylation sites is 1. The molecule has 17 rings (SSSR count). The summed E-state index contributed by atoms with van der Waals surface area (Å²) in [7, 11) is 0. The molecular weight excluding hydrogens is 1030 g/mol. The van der Waals surface area contributed by atoms with Crippen molar-refractivity contribution < 1.29 is 0 Å². The highest BCUT2D eigenvalue weighted by Gasteiger charge is 2.52. The number of nitrogens with zero attached hydrogens (tertiary/aromatic N) is 1. The Morgan fingerprint density at radius 1 is 0.302 bits per heavy atom. The van der Waals surface area contributed by atoms with E-state index < -0.39 is 5.41 Å². The maximum atomic E-state index is 4.19. The van der Waals surface area contributed by atoms with Crippen LogP contribution in [0, 0.1) is 0 Å². The molecule has 0 N–H and O–H groups in total. The fourth-order valence-electron chi connectivity index (χ4n) is 15.5.